The summed E-state index contributed by atoms with van der Waals surface area (Å²) >= 11 is 0. The van der Waals surface area contributed by atoms with Gasteiger partial charge in [-0.25, -0.2) is 4.39 Å². The van der Waals surface area contributed by atoms with Gasteiger partial charge in [0.2, 0.25) is 6.79 Å². The molecule has 0 spiro atoms. The summed E-state index contributed by atoms with van der Waals surface area (Å²) in [5, 5.41) is 0. The predicted molar refractivity (Wildman–Crippen MR) is 95.3 cm³/mol. The van der Waals surface area contributed by atoms with Crippen molar-refractivity contribution in [1.82, 2.24) is 4.90 Å². The Morgan fingerprint density at radius 2 is 1.92 bits per heavy atom. The van der Waals surface area contributed by atoms with Gasteiger partial charge >= 0.3 is 0 Å². The summed E-state index contributed by atoms with van der Waals surface area (Å²) < 4.78 is 30.4. The number of hydrogen-bond acceptors (Lipinski definition) is 4. The van der Waals surface area contributed by atoms with Crippen molar-refractivity contribution < 1.29 is 18.6 Å². The van der Waals surface area contributed by atoms with Crippen molar-refractivity contribution in [1.29, 1.82) is 0 Å². The van der Waals surface area contributed by atoms with Crippen LogP contribution in [0.5, 0.6) is 17.2 Å². The molecule has 3 aliphatic heterocycles. The van der Waals surface area contributed by atoms with Gasteiger partial charge in [-0.1, -0.05) is 12.1 Å². The van der Waals surface area contributed by atoms with Gasteiger partial charge in [-0.3, -0.25) is 0 Å². The first kappa shape index (κ1) is 15.9. The van der Waals surface area contributed by atoms with Gasteiger partial charge < -0.3 is 19.1 Å². The molecule has 3 heterocycles. The van der Waals surface area contributed by atoms with Crippen LogP contribution in [-0.2, 0) is 0 Å². The van der Waals surface area contributed by atoms with Gasteiger partial charge in [0.1, 0.15) is 11.6 Å². The summed E-state index contributed by atoms with van der Waals surface area (Å²) in [5.74, 6) is 2.54. The highest BCUT2D eigenvalue weighted by Gasteiger charge is 2.48. The molecule has 0 saturated carbocycles. The van der Waals surface area contributed by atoms with Crippen LogP contribution in [0.2, 0.25) is 0 Å². The standard InChI is InChI=1S/C21H22FNO3/c22-16-3-1-15(2-4-16)18-7-9-23-10-8-21(18,12-23)13-24-17-5-6-19-20(11-17)26-14-25-19/h1-6,11,18H,7-10,12-14H2. The van der Waals surface area contributed by atoms with E-state index in [1.54, 1.807) is 12.1 Å². The zero-order valence-corrected chi connectivity index (χ0v) is 14.6. The Morgan fingerprint density at radius 1 is 1.08 bits per heavy atom. The van der Waals surface area contributed by atoms with Crippen LogP contribution >= 0.6 is 0 Å². The van der Waals surface area contributed by atoms with Crippen LogP contribution in [0.1, 0.15) is 24.3 Å². The van der Waals surface area contributed by atoms with Crippen LogP contribution in [0.25, 0.3) is 0 Å². The Bertz CT molecular complexity index is 809. The maximum Gasteiger partial charge on any atom is 0.231 e. The minimum Gasteiger partial charge on any atom is -0.493 e. The van der Waals surface area contributed by atoms with Crippen LogP contribution in [0, 0.1) is 11.2 Å². The van der Waals surface area contributed by atoms with Gasteiger partial charge in [-0.2, -0.15) is 0 Å². The fourth-order valence-electron chi connectivity index (χ4n) is 4.70. The SMILES string of the molecule is Fc1ccc(C2CCN3CCC2(COc2ccc4c(c2)OCO4)C3)cc1. The lowest BCUT2D eigenvalue weighted by atomic mass is 9.69. The van der Waals surface area contributed by atoms with Gasteiger partial charge in [-0.15, -0.1) is 0 Å². The molecular weight excluding hydrogens is 333 g/mol. The Kier molecular flexibility index (Phi) is 3.78. The highest BCUT2D eigenvalue weighted by atomic mass is 19.1. The quantitative estimate of drug-likeness (QED) is 0.834. The van der Waals surface area contributed by atoms with Crippen molar-refractivity contribution in [2.45, 2.75) is 18.8 Å². The third kappa shape index (κ3) is 2.71. The average Bonchev–Trinajstić information content (AvgIpc) is 3.26. The van der Waals surface area contributed by atoms with E-state index in [9.17, 15) is 4.39 Å². The minimum absolute atomic E-state index is 0.0758. The molecule has 3 atom stereocenters. The van der Waals surface area contributed by atoms with Crippen LogP contribution in [0.15, 0.2) is 42.5 Å². The number of benzene rings is 2. The summed E-state index contributed by atoms with van der Waals surface area (Å²) in [6, 6.07) is 12.8. The second-order valence-corrected chi connectivity index (χ2v) is 7.59. The maximum atomic E-state index is 13.4. The predicted octanol–water partition coefficient (Wildman–Crippen LogP) is 3.81. The molecule has 4 nitrogen and oxygen atoms in total. The molecule has 2 bridgehead atoms. The van der Waals surface area contributed by atoms with Crippen LogP contribution in [-0.4, -0.2) is 37.9 Å². The second kappa shape index (κ2) is 6.16. The molecule has 0 aliphatic carbocycles. The molecule has 0 radical (unpaired) electrons. The third-order valence-electron chi connectivity index (χ3n) is 6.08. The number of halogens is 1. The molecule has 3 unspecified atom stereocenters. The van der Waals surface area contributed by atoms with Gasteiger partial charge in [0.15, 0.2) is 11.5 Å². The van der Waals surface area contributed by atoms with Crippen molar-refractivity contribution in [3.05, 3.63) is 53.8 Å². The number of hydrogen-bond donors (Lipinski definition) is 0. The van der Waals surface area contributed by atoms with Crippen molar-refractivity contribution in [2.75, 3.05) is 33.0 Å². The van der Waals surface area contributed by atoms with E-state index in [4.69, 9.17) is 14.2 Å². The molecule has 5 rings (SSSR count). The number of piperidine rings is 1. The summed E-state index contributed by atoms with van der Waals surface area (Å²) in [5.41, 5.74) is 1.30. The van der Waals surface area contributed by atoms with Gasteiger partial charge in [0.25, 0.3) is 0 Å². The lowest BCUT2D eigenvalue weighted by molar-refractivity contribution is 0.0826. The summed E-state index contributed by atoms with van der Waals surface area (Å²) in [6.45, 7) is 4.19. The zero-order valence-electron chi connectivity index (χ0n) is 14.6. The second-order valence-electron chi connectivity index (χ2n) is 7.59. The van der Waals surface area contributed by atoms with Crippen molar-refractivity contribution in [3.63, 3.8) is 0 Å². The van der Waals surface area contributed by atoms with E-state index in [1.165, 1.54) is 5.56 Å². The summed E-state index contributed by atoms with van der Waals surface area (Å²) in [6.07, 6.45) is 2.20. The van der Waals surface area contributed by atoms with Crippen molar-refractivity contribution in [3.8, 4) is 17.2 Å². The molecule has 0 N–H and O–H groups in total. The lowest BCUT2D eigenvalue weighted by Gasteiger charge is -2.41. The van der Waals surface area contributed by atoms with E-state index in [1.807, 2.05) is 30.3 Å². The highest BCUT2D eigenvalue weighted by Crippen LogP contribution is 2.49. The molecule has 5 heteroatoms. The van der Waals surface area contributed by atoms with E-state index in [2.05, 4.69) is 4.90 Å². The number of rotatable bonds is 4. The Labute approximate surface area is 152 Å². The lowest BCUT2D eigenvalue weighted by Crippen LogP contribution is -2.43. The van der Waals surface area contributed by atoms with Crippen LogP contribution in [0.3, 0.4) is 0 Å². The first-order chi connectivity index (χ1) is 12.7. The van der Waals surface area contributed by atoms with Gasteiger partial charge in [0, 0.05) is 18.0 Å². The number of nitrogens with zero attached hydrogens (tertiary/aromatic N) is 1. The van der Waals surface area contributed by atoms with E-state index in [-0.39, 0.29) is 18.0 Å². The van der Waals surface area contributed by atoms with Gasteiger partial charge in [-0.05, 0) is 61.7 Å². The van der Waals surface area contributed by atoms with Crippen molar-refractivity contribution in [2.24, 2.45) is 5.41 Å². The average molecular weight is 355 g/mol. The largest absolute Gasteiger partial charge is 0.493 e. The molecular formula is C21H22FNO3. The minimum atomic E-state index is -0.178. The van der Waals surface area contributed by atoms with Crippen molar-refractivity contribution >= 4 is 0 Å². The Morgan fingerprint density at radius 3 is 2.81 bits per heavy atom. The van der Waals surface area contributed by atoms with E-state index < -0.39 is 0 Å². The first-order valence-corrected chi connectivity index (χ1v) is 9.22. The highest BCUT2D eigenvalue weighted by molar-refractivity contribution is 5.46. The smallest absolute Gasteiger partial charge is 0.231 e. The molecule has 2 aromatic rings. The molecule has 26 heavy (non-hydrogen) atoms. The van der Waals surface area contributed by atoms with E-state index >= 15 is 0 Å². The Balaban J connectivity index is 1.38. The first-order valence-electron chi connectivity index (χ1n) is 9.22. The monoisotopic (exact) mass is 355 g/mol. The van der Waals surface area contributed by atoms with Gasteiger partial charge in [0.05, 0.1) is 6.61 Å². The molecule has 0 aromatic heterocycles. The van der Waals surface area contributed by atoms with Crippen LogP contribution < -0.4 is 14.2 Å². The maximum absolute atomic E-state index is 13.4. The Hall–Kier alpha value is -2.27. The molecule has 2 saturated heterocycles. The fraction of sp³-hybridized carbons (Fsp3) is 0.429. The summed E-state index contributed by atoms with van der Waals surface area (Å²) in [4.78, 5) is 2.52. The molecule has 3 aliphatic rings. The normalized spacial score (nSPS) is 29.0. The van der Waals surface area contributed by atoms with E-state index in [0.717, 1.165) is 49.7 Å². The fourth-order valence-corrected chi connectivity index (χ4v) is 4.70. The van der Waals surface area contributed by atoms with E-state index in [0.29, 0.717) is 12.5 Å². The number of fused-ring (bicyclic) bond motifs is 3. The third-order valence-corrected chi connectivity index (χ3v) is 6.08. The zero-order chi connectivity index (χ0) is 17.6. The number of ether oxygens (including phenoxy) is 3. The molecule has 0 amide bonds. The molecule has 136 valence electrons. The molecule has 2 fully saturated rings. The van der Waals surface area contributed by atoms with Crippen LogP contribution in [0.4, 0.5) is 4.39 Å². The summed E-state index contributed by atoms with van der Waals surface area (Å²) in [7, 11) is 0. The molecule has 2 aromatic carbocycles. The topological polar surface area (TPSA) is 30.9 Å².